The first-order valence-corrected chi connectivity index (χ1v) is 6.77. The molecule has 19 heavy (non-hydrogen) atoms. The van der Waals surface area contributed by atoms with Gasteiger partial charge in [-0.05, 0) is 24.1 Å². The molecule has 0 saturated heterocycles. The van der Waals surface area contributed by atoms with E-state index in [0.717, 1.165) is 24.8 Å². The van der Waals surface area contributed by atoms with Crippen LogP contribution in [0.1, 0.15) is 37.7 Å². The largest absolute Gasteiger partial charge is 0.493 e. The summed E-state index contributed by atoms with van der Waals surface area (Å²) >= 11 is 0. The summed E-state index contributed by atoms with van der Waals surface area (Å²) in [5, 5.41) is 10.2. The van der Waals surface area contributed by atoms with E-state index in [9.17, 15) is 5.11 Å². The van der Waals surface area contributed by atoms with Gasteiger partial charge in [-0.25, -0.2) is 0 Å². The summed E-state index contributed by atoms with van der Waals surface area (Å²) in [6, 6.07) is 5.68. The number of methoxy groups -OCH3 is 2. The summed E-state index contributed by atoms with van der Waals surface area (Å²) in [4.78, 5) is 0. The molecule has 0 aromatic heterocycles. The lowest BCUT2D eigenvalue weighted by Crippen LogP contribution is -2.26. The Balaban J connectivity index is 2.91. The Kier molecular flexibility index (Phi) is 6.67. The predicted octanol–water partition coefficient (Wildman–Crippen LogP) is 2.30. The molecule has 0 aliphatic carbocycles. The Morgan fingerprint density at radius 2 is 1.89 bits per heavy atom. The smallest absolute Gasteiger partial charge is 0.160 e. The lowest BCUT2D eigenvalue weighted by molar-refractivity contribution is 0.133. The summed E-state index contributed by atoms with van der Waals surface area (Å²) in [6.45, 7) is 2.53. The van der Waals surface area contributed by atoms with Crippen LogP contribution in [0.25, 0.3) is 0 Å². The van der Waals surface area contributed by atoms with Crippen molar-refractivity contribution in [3.05, 3.63) is 23.8 Å². The van der Waals surface area contributed by atoms with Gasteiger partial charge in [-0.3, -0.25) is 0 Å². The molecule has 0 fully saturated rings. The molecule has 4 heteroatoms. The average Bonchev–Trinajstić information content (AvgIpc) is 2.45. The highest BCUT2D eigenvalue weighted by atomic mass is 16.5. The van der Waals surface area contributed by atoms with Crippen molar-refractivity contribution in [1.82, 2.24) is 0 Å². The van der Waals surface area contributed by atoms with Crippen LogP contribution in [0.15, 0.2) is 18.2 Å². The van der Waals surface area contributed by atoms with Crippen LogP contribution in [-0.4, -0.2) is 32.0 Å². The van der Waals surface area contributed by atoms with Crippen LogP contribution in [-0.2, 0) is 0 Å². The number of unbranched alkanes of at least 4 members (excludes halogenated alkanes) is 1. The minimum atomic E-state index is -0.414. The van der Waals surface area contributed by atoms with Gasteiger partial charge in [0.1, 0.15) is 0 Å². The molecule has 0 amide bonds. The van der Waals surface area contributed by atoms with Crippen molar-refractivity contribution in [2.45, 2.75) is 38.2 Å². The second-order valence-electron chi connectivity index (χ2n) is 4.67. The minimum absolute atomic E-state index is 0.0636. The van der Waals surface area contributed by atoms with Gasteiger partial charge >= 0.3 is 0 Å². The molecule has 4 nitrogen and oxygen atoms in total. The highest BCUT2D eigenvalue weighted by Gasteiger charge is 2.20. The molecule has 0 radical (unpaired) electrons. The number of hydrogen-bond donors (Lipinski definition) is 2. The Bertz CT molecular complexity index is 382. The lowest BCUT2D eigenvalue weighted by Gasteiger charge is -2.22. The topological polar surface area (TPSA) is 64.7 Å². The number of aliphatic hydroxyl groups excluding tert-OH is 1. The van der Waals surface area contributed by atoms with Gasteiger partial charge in [-0.2, -0.15) is 0 Å². The monoisotopic (exact) mass is 267 g/mol. The van der Waals surface area contributed by atoms with E-state index >= 15 is 0 Å². The van der Waals surface area contributed by atoms with Crippen molar-refractivity contribution in [3.63, 3.8) is 0 Å². The van der Waals surface area contributed by atoms with Crippen molar-refractivity contribution in [3.8, 4) is 11.5 Å². The molecular weight excluding hydrogens is 242 g/mol. The zero-order valence-electron chi connectivity index (χ0n) is 12.1. The molecular formula is C15H25NO3. The van der Waals surface area contributed by atoms with Gasteiger partial charge in [0.2, 0.25) is 0 Å². The standard InChI is InChI=1S/C15H25NO3/c1-4-5-6-13(17)12(10-16)11-7-8-14(18-2)15(9-11)19-3/h7-9,12-13,17H,4-6,10,16H2,1-3H3. The van der Waals surface area contributed by atoms with E-state index in [0.29, 0.717) is 18.0 Å². The molecule has 108 valence electrons. The summed E-state index contributed by atoms with van der Waals surface area (Å²) in [5.74, 6) is 1.29. The molecule has 0 aliphatic heterocycles. The van der Waals surface area contributed by atoms with Gasteiger partial charge in [0.15, 0.2) is 11.5 Å². The van der Waals surface area contributed by atoms with E-state index in [1.54, 1.807) is 14.2 Å². The van der Waals surface area contributed by atoms with E-state index in [4.69, 9.17) is 15.2 Å². The molecule has 0 saturated carbocycles. The number of benzene rings is 1. The molecule has 2 atom stereocenters. The zero-order valence-corrected chi connectivity index (χ0v) is 12.1. The predicted molar refractivity (Wildman–Crippen MR) is 76.9 cm³/mol. The maximum atomic E-state index is 10.2. The number of hydrogen-bond acceptors (Lipinski definition) is 4. The molecule has 0 heterocycles. The fourth-order valence-corrected chi connectivity index (χ4v) is 2.21. The maximum Gasteiger partial charge on any atom is 0.160 e. The van der Waals surface area contributed by atoms with Gasteiger partial charge in [-0.1, -0.05) is 25.8 Å². The van der Waals surface area contributed by atoms with Crippen molar-refractivity contribution >= 4 is 0 Å². The maximum absolute atomic E-state index is 10.2. The van der Waals surface area contributed by atoms with Crippen LogP contribution in [0, 0.1) is 0 Å². The third-order valence-corrected chi connectivity index (χ3v) is 3.41. The van der Waals surface area contributed by atoms with Crippen molar-refractivity contribution < 1.29 is 14.6 Å². The fourth-order valence-electron chi connectivity index (χ4n) is 2.21. The molecule has 2 unspecified atom stereocenters. The van der Waals surface area contributed by atoms with Crippen LogP contribution in [0.5, 0.6) is 11.5 Å². The van der Waals surface area contributed by atoms with Crippen LogP contribution in [0.3, 0.4) is 0 Å². The Labute approximate surface area is 115 Å². The van der Waals surface area contributed by atoms with Gasteiger partial charge in [0.05, 0.1) is 20.3 Å². The first-order chi connectivity index (χ1) is 9.17. The Morgan fingerprint density at radius 3 is 2.42 bits per heavy atom. The third-order valence-electron chi connectivity index (χ3n) is 3.41. The number of ether oxygens (including phenoxy) is 2. The fraction of sp³-hybridized carbons (Fsp3) is 0.600. The number of rotatable bonds is 8. The van der Waals surface area contributed by atoms with Gasteiger partial charge < -0.3 is 20.3 Å². The summed E-state index contributed by atoms with van der Waals surface area (Å²) in [5.41, 5.74) is 6.80. The second-order valence-corrected chi connectivity index (χ2v) is 4.67. The van der Waals surface area contributed by atoms with E-state index in [1.165, 1.54) is 0 Å². The summed E-state index contributed by atoms with van der Waals surface area (Å²) in [6.07, 6.45) is 2.43. The van der Waals surface area contributed by atoms with Crippen molar-refractivity contribution in [2.75, 3.05) is 20.8 Å². The highest BCUT2D eigenvalue weighted by Crippen LogP contribution is 2.32. The van der Waals surface area contributed by atoms with Gasteiger partial charge in [-0.15, -0.1) is 0 Å². The van der Waals surface area contributed by atoms with Gasteiger partial charge in [0.25, 0.3) is 0 Å². The summed E-state index contributed by atoms with van der Waals surface area (Å²) < 4.78 is 10.5. The molecule has 1 aromatic carbocycles. The van der Waals surface area contributed by atoms with Crippen molar-refractivity contribution in [1.29, 1.82) is 0 Å². The van der Waals surface area contributed by atoms with Gasteiger partial charge in [0, 0.05) is 12.5 Å². The van der Waals surface area contributed by atoms with Crippen LogP contribution < -0.4 is 15.2 Å². The minimum Gasteiger partial charge on any atom is -0.493 e. The second kappa shape index (κ2) is 8.02. The quantitative estimate of drug-likeness (QED) is 0.758. The average molecular weight is 267 g/mol. The van der Waals surface area contributed by atoms with E-state index in [2.05, 4.69) is 6.92 Å². The molecule has 3 N–H and O–H groups in total. The van der Waals surface area contributed by atoms with Crippen LogP contribution >= 0.6 is 0 Å². The highest BCUT2D eigenvalue weighted by molar-refractivity contribution is 5.44. The molecule has 1 rings (SSSR count). The number of aliphatic hydroxyl groups is 1. The molecule has 0 aliphatic rings. The van der Waals surface area contributed by atoms with Crippen LogP contribution in [0.4, 0.5) is 0 Å². The number of nitrogens with two attached hydrogens (primary N) is 1. The van der Waals surface area contributed by atoms with E-state index in [1.807, 2.05) is 18.2 Å². The normalized spacial score (nSPS) is 13.9. The lowest BCUT2D eigenvalue weighted by atomic mass is 9.90. The SMILES string of the molecule is CCCCC(O)C(CN)c1ccc(OC)c(OC)c1. The molecule has 0 spiro atoms. The molecule has 0 bridgehead atoms. The van der Waals surface area contributed by atoms with E-state index < -0.39 is 6.10 Å². The first kappa shape index (κ1) is 15.8. The van der Waals surface area contributed by atoms with Crippen molar-refractivity contribution in [2.24, 2.45) is 5.73 Å². The Morgan fingerprint density at radius 1 is 1.21 bits per heavy atom. The first-order valence-electron chi connectivity index (χ1n) is 6.77. The molecule has 1 aromatic rings. The third kappa shape index (κ3) is 4.11. The Hall–Kier alpha value is -1.26. The zero-order chi connectivity index (χ0) is 14.3. The van der Waals surface area contributed by atoms with E-state index in [-0.39, 0.29) is 5.92 Å². The van der Waals surface area contributed by atoms with Crippen LogP contribution in [0.2, 0.25) is 0 Å². The summed E-state index contributed by atoms with van der Waals surface area (Å²) in [7, 11) is 3.21.